The van der Waals surface area contributed by atoms with Crippen LogP contribution in [0.5, 0.6) is 0 Å². The molecule has 0 aromatic heterocycles. The third-order valence-electron chi connectivity index (χ3n) is 2.22. The van der Waals surface area contributed by atoms with Gasteiger partial charge in [0.25, 0.3) is 0 Å². The molecule has 17 heavy (non-hydrogen) atoms. The molecule has 1 N–H and O–H groups in total. The van der Waals surface area contributed by atoms with Crippen LogP contribution in [0.1, 0.15) is 0 Å². The first-order chi connectivity index (χ1) is 7.82. The molecule has 0 saturated heterocycles. The summed E-state index contributed by atoms with van der Waals surface area (Å²) in [4.78, 5) is 13.0. The summed E-state index contributed by atoms with van der Waals surface area (Å²) in [5, 5.41) is 2.83. The lowest BCUT2D eigenvalue weighted by atomic mass is 10.3. The van der Waals surface area contributed by atoms with Crippen LogP contribution in [-0.4, -0.2) is 46.1 Å². The van der Waals surface area contributed by atoms with E-state index in [1.54, 1.807) is 32.3 Å². The first kappa shape index (κ1) is 13.5. The number of carbonyl (C=O) groups excluding carboxylic acids is 1. The lowest BCUT2D eigenvalue weighted by Crippen LogP contribution is -2.28. The van der Waals surface area contributed by atoms with E-state index in [9.17, 15) is 13.2 Å². The standard InChI is InChI=1S/C11H16N2O3S/c1-13(2)11(14)8-12-9-6-4-5-7-10(9)17(3,15)16/h4-7,12H,8H2,1-3H3. The fourth-order valence-electron chi connectivity index (χ4n) is 1.26. The molecule has 1 aromatic rings. The summed E-state index contributed by atoms with van der Waals surface area (Å²) in [6.07, 6.45) is 1.14. The molecule has 0 aliphatic rings. The van der Waals surface area contributed by atoms with Gasteiger partial charge >= 0.3 is 0 Å². The van der Waals surface area contributed by atoms with Crippen molar-refractivity contribution < 1.29 is 13.2 Å². The van der Waals surface area contributed by atoms with E-state index in [4.69, 9.17) is 0 Å². The maximum Gasteiger partial charge on any atom is 0.241 e. The van der Waals surface area contributed by atoms with Crippen molar-refractivity contribution in [2.45, 2.75) is 4.90 Å². The Hall–Kier alpha value is -1.56. The van der Waals surface area contributed by atoms with Gasteiger partial charge in [0.1, 0.15) is 0 Å². The number of hydrogen-bond donors (Lipinski definition) is 1. The molecule has 1 amide bonds. The Morgan fingerprint density at radius 3 is 2.41 bits per heavy atom. The van der Waals surface area contributed by atoms with Gasteiger partial charge in [-0.15, -0.1) is 0 Å². The van der Waals surface area contributed by atoms with E-state index in [1.165, 1.54) is 11.0 Å². The van der Waals surface area contributed by atoms with Crippen molar-refractivity contribution in [3.8, 4) is 0 Å². The predicted octanol–water partition coefficient (Wildman–Crippen LogP) is 0.590. The summed E-state index contributed by atoms with van der Waals surface area (Å²) in [7, 11) is 0.00161. The highest BCUT2D eigenvalue weighted by atomic mass is 32.2. The molecule has 5 nitrogen and oxygen atoms in total. The first-order valence-corrected chi connectivity index (χ1v) is 6.94. The van der Waals surface area contributed by atoms with Crippen LogP contribution in [0.4, 0.5) is 5.69 Å². The highest BCUT2D eigenvalue weighted by Gasteiger charge is 2.13. The molecule has 1 aromatic carbocycles. The van der Waals surface area contributed by atoms with Crippen LogP contribution in [0.25, 0.3) is 0 Å². The van der Waals surface area contributed by atoms with E-state index in [1.807, 2.05) is 0 Å². The molecule has 0 aliphatic carbocycles. The largest absolute Gasteiger partial charge is 0.375 e. The van der Waals surface area contributed by atoms with Crippen molar-refractivity contribution >= 4 is 21.4 Å². The number of nitrogens with one attached hydrogen (secondary N) is 1. The topological polar surface area (TPSA) is 66.5 Å². The summed E-state index contributed by atoms with van der Waals surface area (Å²) in [5.41, 5.74) is 0.449. The van der Waals surface area contributed by atoms with E-state index in [2.05, 4.69) is 5.32 Å². The van der Waals surface area contributed by atoms with Crippen LogP contribution < -0.4 is 5.32 Å². The van der Waals surface area contributed by atoms with Crippen LogP contribution >= 0.6 is 0 Å². The molecule has 0 aliphatic heterocycles. The number of carbonyl (C=O) groups is 1. The maximum absolute atomic E-state index is 11.5. The van der Waals surface area contributed by atoms with Gasteiger partial charge in [-0.2, -0.15) is 0 Å². The van der Waals surface area contributed by atoms with Gasteiger partial charge in [0.15, 0.2) is 9.84 Å². The Balaban J connectivity index is 2.89. The van der Waals surface area contributed by atoms with E-state index in [0.717, 1.165) is 6.26 Å². The van der Waals surface area contributed by atoms with Crippen molar-refractivity contribution in [2.24, 2.45) is 0 Å². The quantitative estimate of drug-likeness (QED) is 0.856. The summed E-state index contributed by atoms with van der Waals surface area (Å²) < 4.78 is 23.0. The Labute approximate surface area is 101 Å². The minimum atomic E-state index is -3.29. The van der Waals surface area contributed by atoms with Crippen LogP contribution in [-0.2, 0) is 14.6 Å². The number of rotatable bonds is 4. The summed E-state index contributed by atoms with van der Waals surface area (Å²) in [5.74, 6) is -0.117. The van der Waals surface area contributed by atoms with Gasteiger partial charge in [-0.3, -0.25) is 4.79 Å². The predicted molar refractivity (Wildman–Crippen MR) is 66.7 cm³/mol. The number of amides is 1. The zero-order valence-electron chi connectivity index (χ0n) is 10.1. The van der Waals surface area contributed by atoms with Gasteiger partial charge in [-0.1, -0.05) is 12.1 Å². The second-order valence-electron chi connectivity index (χ2n) is 3.91. The van der Waals surface area contributed by atoms with Crippen LogP contribution in [0.2, 0.25) is 0 Å². The molecular formula is C11H16N2O3S. The lowest BCUT2D eigenvalue weighted by molar-refractivity contribution is -0.126. The SMILES string of the molecule is CN(C)C(=O)CNc1ccccc1S(C)(=O)=O. The van der Waals surface area contributed by atoms with Gasteiger partial charge in [0.05, 0.1) is 17.1 Å². The normalized spacial score (nSPS) is 11.0. The van der Waals surface area contributed by atoms with Crippen molar-refractivity contribution in [3.05, 3.63) is 24.3 Å². The number of benzene rings is 1. The second kappa shape index (κ2) is 5.18. The monoisotopic (exact) mass is 256 g/mol. The number of anilines is 1. The molecular weight excluding hydrogens is 240 g/mol. The van der Waals surface area contributed by atoms with Crippen molar-refractivity contribution in [2.75, 3.05) is 32.2 Å². The van der Waals surface area contributed by atoms with E-state index in [-0.39, 0.29) is 17.3 Å². The summed E-state index contributed by atoms with van der Waals surface area (Å²) >= 11 is 0. The van der Waals surface area contributed by atoms with Crippen molar-refractivity contribution in [3.63, 3.8) is 0 Å². The Bertz CT molecular complexity index is 509. The molecule has 0 heterocycles. The number of hydrogen-bond acceptors (Lipinski definition) is 4. The lowest BCUT2D eigenvalue weighted by Gasteiger charge is -2.13. The Morgan fingerprint density at radius 2 is 1.88 bits per heavy atom. The zero-order valence-corrected chi connectivity index (χ0v) is 10.9. The smallest absolute Gasteiger partial charge is 0.241 e. The third-order valence-corrected chi connectivity index (χ3v) is 3.37. The van der Waals surface area contributed by atoms with E-state index in [0.29, 0.717) is 5.69 Å². The molecule has 0 radical (unpaired) electrons. The fraction of sp³-hybridized carbons (Fsp3) is 0.364. The molecule has 94 valence electrons. The van der Waals surface area contributed by atoms with Gasteiger partial charge in [0, 0.05) is 20.4 Å². The summed E-state index contributed by atoms with van der Waals surface area (Å²) in [6, 6.07) is 6.52. The van der Waals surface area contributed by atoms with Crippen LogP contribution in [0.15, 0.2) is 29.2 Å². The average molecular weight is 256 g/mol. The van der Waals surface area contributed by atoms with Crippen molar-refractivity contribution in [1.82, 2.24) is 4.90 Å². The highest BCUT2D eigenvalue weighted by molar-refractivity contribution is 7.90. The van der Waals surface area contributed by atoms with Crippen LogP contribution in [0, 0.1) is 0 Å². The number of para-hydroxylation sites is 1. The molecule has 1 rings (SSSR count). The molecule has 0 atom stereocenters. The molecule has 6 heteroatoms. The molecule has 0 fully saturated rings. The molecule has 0 saturated carbocycles. The summed E-state index contributed by atoms with van der Waals surface area (Å²) in [6.45, 7) is 0.0690. The average Bonchev–Trinajstić information content (AvgIpc) is 2.24. The minimum Gasteiger partial charge on any atom is -0.375 e. The van der Waals surface area contributed by atoms with E-state index < -0.39 is 9.84 Å². The fourth-order valence-corrected chi connectivity index (χ4v) is 2.13. The molecule has 0 unspecified atom stereocenters. The number of nitrogens with zero attached hydrogens (tertiary/aromatic N) is 1. The maximum atomic E-state index is 11.5. The molecule has 0 bridgehead atoms. The van der Waals surface area contributed by atoms with Crippen molar-refractivity contribution in [1.29, 1.82) is 0 Å². The number of likely N-dealkylation sites (N-methyl/N-ethyl adjacent to an activating group) is 1. The van der Waals surface area contributed by atoms with Gasteiger partial charge in [0.2, 0.25) is 5.91 Å². The highest BCUT2D eigenvalue weighted by Crippen LogP contribution is 2.20. The van der Waals surface area contributed by atoms with Gasteiger partial charge in [-0.05, 0) is 12.1 Å². The van der Waals surface area contributed by atoms with E-state index >= 15 is 0 Å². The molecule has 0 spiro atoms. The zero-order chi connectivity index (χ0) is 13.1. The second-order valence-corrected chi connectivity index (χ2v) is 5.89. The number of sulfone groups is 1. The first-order valence-electron chi connectivity index (χ1n) is 5.05. The third kappa shape index (κ3) is 3.74. The van der Waals surface area contributed by atoms with Gasteiger partial charge < -0.3 is 10.2 Å². The Kier molecular flexibility index (Phi) is 4.11. The minimum absolute atomic E-state index is 0.0690. The Morgan fingerprint density at radius 1 is 1.29 bits per heavy atom. The van der Waals surface area contributed by atoms with Crippen LogP contribution in [0.3, 0.4) is 0 Å². The van der Waals surface area contributed by atoms with Gasteiger partial charge in [-0.25, -0.2) is 8.42 Å².